The lowest BCUT2D eigenvalue weighted by atomic mass is 9.98. The quantitative estimate of drug-likeness (QED) is 0.236. The fourth-order valence-corrected chi connectivity index (χ4v) is 5.71. The average molecular weight is 590 g/mol. The van der Waals surface area contributed by atoms with Crippen molar-refractivity contribution < 1.29 is 17.6 Å². The maximum Gasteiger partial charge on any atom is 0.255 e. The van der Waals surface area contributed by atoms with Gasteiger partial charge >= 0.3 is 0 Å². The Labute approximate surface area is 248 Å². The van der Waals surface area contributed by atoms with Gasteiger partial charge in [0.25, 0.3) is 5.91 Å². The topological polar surface area (TPSA) is 132 Å². The van der Waals surface area contributed by atoms with Crippen LogP contribution in [0.4, 0.5) is 5.69 Å². The Kier molecular flexibility index (Phi) is 6.75. The number of hydrogen-bond acceptors (Lipinski definition) is 6. The van der Waals surface area contributed by atoms with E-state index >= 15 is 0 Å². The second kappa shape index (κ2) is 10.5. The van der Waals surface area contributed by atoms with E-state index in [1.54, 1.807) is 37.5 Å². The minimum absolute atomic E-state index is 0.328. The van der Waals surface area contributed by atoms with Gasteiger partial charge in [-0.25, -0.2) is 8.42 Å². The minimum atomic E-state index is -3.66. The van der Waals surface area contributed by atoms with Gasteiger partial charge in [-0.1, -0.05) is 35.9 Å². The second-order valence-electron chi connectivity index (χ2n) is 10.3. The monoisotopic (exact) mass is 589 g/mol. The first-order valence-corrected chi connectivity index (χ1v) is 15.3. The van der Waals surface area contributed by atoms with E-state index < -0.39 is 10.0 Å². The van der Waals surface area contributed by atoms with E-state index in [0.717, 1.165) is 28.3 Å². The van der Waals surface area contributed by atoms with Crippen LogP contribution in [0.3, 0.4) is 0 Å². The highest BCUT2D eigenvalue weighted by Gasteiger charge is 2.26. The van der Waals surface area contributed by atoms with Gasteiger partial charge in [-0.2, -0.15) is 5.26 Å². The van der Waals surface area contributed by atoms with Crippen molar-refractivity contribution in [2.75, 3.05) is 24.7 Å². The lowest BCUT2D eigenvalue weighted by Gasteiger charge is -2.21. The number of carbonyl (C=O) groups excluding carboxylic acids is 1. The molecule has 6 aromatic rings. The molecule has 0 bridgehead atoms. The molecule has 0 unspecified atom stereocenters. The van der Waals surface area contributed by atoms with E-state index in [1.807, 2.05) is 55.5 Å². The highest BCUT2D eigenvalue weighted by molar-refractivity contribution is 7.92. The van der Waals surface area contributed by atoms with Crippen molar-refractivity contribution in [1.29, 1.82) is 5.26 Å². The van der Waals surface area contributed by atoms with Gasteiger partial charge in [0.05, 0.1) is 40.5 Å². The molecule has 214 valence electrons. The number of hydrogen-bond donors (Lipinski definition) is 2. The number of pyridine rings is 1. The number of nitrogens with one attached hydrogen (secondary N) is 2. The fourth-order valence-electron chi connectivity index (χ4n) is 5.20. The SMILES string of the molecule is CNC(=O)c1c(-c2ccc(C)cc2)oc2cc(N(C)S(C)(=O)=O)c(-c3ccnc(-c4cc5c(C#N)cccc5[nH]4)c3)cc12. The molecule has 0 spiro atoms. The number of aromatic amines is 1. The van der Waals surface area contributed by atoms with Crippen LogP contribution in [0.2, 0.25) is 0 Å². The van der Waals surface area contributed by atoms with Crippen molar-refractivity contribution in [3.63, 3.8) is 0 Å². The van der Waals surface area contributed by atoms with Crippen LogP contribution >= 0.6 is 0 Å². The van der Waals surface area contributed by atoms with Crippen LogP contribution in [-0.2, 0) is 10.0 Å². The Bertz CT molecular complexity index is 2210. The van der Waals surface area contributed by atoms with Gasteiger partial charge in [-0.3, -0.25) is 14.1 Å². The van der Waals surface area contributed by atoms with Gasteiger partial charge < -0.3 is 14.7 Å². The largest absolute Gasteiger partial charge is 0.455 e. The summed E-state index contributed by atoms with van der Waals surface area (Å²) in [4.78, 5) is 21.1. The summed E-state index contributed by atoms with van der Waals surface area (Å²) in [6, 6.07) is 24.3. The predicted octanol–water partition coefficient (Wildman–Crippen LogP) is 6.25. The zero-order valence-corrected chi connectivity index (χ0v) is 24.7. The molecule has 0 saturated heterocycles. The van der Waals surface area contributed by atoms with Gasteiger partial charge in [0.15, 0.2) is 0 Å². The summed E-state index contributed by atoms with van der Waals surface area (Å²) in [6.45, 7) is 1.98. The molecule has 0 aliphatic rings. The minimum Gasteiger partial charge on any atom is -0.455 e. The third-order valence-corrected chi connectivity index (χ3v) is 8.73. The zero-order chi connectivity index (χ0) is 30.5. The summed E-state index contributed by atoms with van der Waals surface area (Å²) in [5, 5.41) is 13.6. The first-order valence-electron chi connectivity index (χ1n) is 13.4. The summed E-state index contributed by atoms with van der Waals surface area (Å²) in [5.74, 6) is 0.0625. The molecule has 3 heterocycles. The highest BCUT2D eigenvalue weighted by Crippen LogP contribution is 2.42. The van der Waals surface area contributed by atoms with Gasteiger partial charge in [-0.15, -0.1) is 0 Å². The summed E-state index contributed by atoms with van der Waals surface area (Å²) in [7, 11) is -0.629. The molecule has 0 fully saturated rings. The molecule has 6 rings (SSSR count). The van der Waals surface area contributed by atoms with Crippen LogP contribution in [0.25, 0.3) is 55.7 Å². The van der Waals surface area contributed by atoms with Crippen LogP contribution in [0.1, 0.15) is 21.5 Å². The number of rotatable bonds is 6. The summed E-state index contributed by atoms with van der Waals surface area (Å²) in [5.41, 5.74) is 6.79. The van der Waals surface area contributed by atoms with Crippen molar-refractivity contribution in [2.24, 2.45) is 0 Å². The number of sulfonamides is 1. The summed E-state index contributed by atoms with van der Waals surface area (Å²) < 4.78 is 33.0. The Balaban J connectivity index is 1.60. The van der Waals surface area contributed by atoms with Gasteiger partial charge in [0.1, 0.15) is 11.3 Å². The van der Waals surface area contributed by atoms with Gasteiger partial charge in [0.2, 0.25) is 10.0 Å². The third-order valence-electron chi connectivity index (χ3n) is 7.54. The lowest BCUT2D eigenvalue weighted by molar-refractivity contribution is 0.0964. The number of aromatic nitrogens is 2. The number of fused-ring (bicyclic) bond motifs is 2. The number of anilines is 1. The van der Waals surface area contributed by atoms with E-state index in [-0.39, 0.29) is 5.91 Å². The van der Waals surface area contributed by atoms with E-state index in [9.17, 15) is 18.5 Å². The third kappa shape index (κ3) is 4.90. The number of aryl methyl sites for hydroxylation is 1. The molecule has 0 aliphatic heterocycles. The van der Waals surface area contributed by atoms with Crippen molar-refractivity contribution in [3.8, 4) is 39.9 Å². The number of amides is 1. The molecule has 10 heteroatoms. The standard InChI is InChI=1S/C33H27N5O4S/c1-19-8-10-20(11-9-19)32-31(33(39)35-2)25-15-24(29(17-30(25)42-32)38(3)43(4,40)41)21-12-13-36-27(14-21)28-16-23-22(18-34)6-5-7-26(23)37-28/h5-17,37H,1-4H3,(H,35,39). The number of nitrogens with zero attached hydrogens (tertiary/aromatic N) is 3. The molecular weight excluding hydrogens is 562 g/mol. The highest BCUT2D eigenvalue weighted by atomic mass is 32.2. The van der Waals surface area contributed by atoms with E-state index in [0.29, 0.717) is 56.1 Å². The van der Waals surface area contributed by atoms with Crippen molar-refractivity contribution in [3.05, 3.63) is 95.7 Å². The molecule has 3 aromatic heterocycles. The number of nitriles is 1. The number of benzene rings is 3. The van der Waals surface area contributed by atoms with Crippen LogP contribution in [-0.4, -0.2) is 44.6 Å². The smallest absolute Gasteiger partial charge is 0.255 e. The molecule has 43 heavy (non-hydrogen) atoms. The molecule has 1 amide bonds. The first kappa shape index (κ1) is 27.8. The van der Waals surface area contributed by atoms with E-state index in [1.165, 1.54) is 11.4 Å². The molecule has 0 atom stereocenters. The number of furan rings is 1. The van der Waals surface area contributed by atoms with Crippen molar-refractivity contribution in [1.82, 2.24) is 15.3 Å². The Morgan fingerprint density at radius 2 is 1.79 bits per heavy atom. The van der Waals surface area contributed by atoms with Crippen LogP contribution in [0.5, 0.6) is 0 Å². The number of H-pyrrole nitrogens is 1. The lowest BCUT2D eigenvalue weighted by Crippen LogP contribution is -2.25. The van der Waals surface area contributed by atoms with Crippen molar-refractivity contribution >= 4 is 43.5 Å². The predicted molar refractivity (Wildman–Crippen MR) is 168 cm³/mol. The van der Waals surface area contributed by atoms with Crippen LogP contribution in [0, 0.1) is 18.3 Å². The molecule has 0 aliphatic carbocycles. The molecule has 2 N–H and O–H groups in total. The molecule has 9 nitrogen and oxygen atoms in total. The number of carbonyl (C=O) groups is 1. The van der Waals surface area contributed by atoms with E-state index in [2.05, 4.69) is 21.4 Å². The maximum absolute atomic E-state index is 13.2. The normalized spacial score (nSPS) is 11.5. The first-order chi connectivity index (χ1) is 20.6. The Morgan fingerprint density at radius 1 is 1.02 bits per heavy atom. The van der Waals surface area contributed by atoms with E-state index in [4.69, 9.17) is 4.42 Å². The molecule has 0 saturated carbocycles. The Morgan fingerprint density at radius 3 is 2.49 bits per heavy atom. The maximum atomic E-state index is 13.2. The zero-order valence-electron chi connectivity index (χ0n) is 23.9. The van der Waals surface area contributed by atoms with Crippen LogP contribution in [0.15, 0.2) is 83.4 Å². The fraction of sp³-hybridized carbons (Fsp3) is 0.121. The summed E-state index contributed by atoms with van der Waals surface area (Å²) >= 11 is 0. The van der Waals surface area contributed by atoms with Crippen molar-refractivity contribution in [2.45, 2.75) is 6.92 Å². The summed E-state index contributed by atoms with van der Waals surface area (Å²) in [6.07, 6.45) is 2.77. The average Bonchev–Trinajstić information content (AvgIpc) is 3.61. The van der Waals surface area contributed by atoms with Gasteiger partial charge in [-0.05, 0) is 48.9 Å². The molecular formula is C33H27N5O4S. The van der Waals surface area contributed by atoms with Crippen LogP contribution < -0.4 is 9.62 Å². The van der Waals surface area contributed by atoms with Gasteiger partial charge in [0, 0.05) is 53.8 Å². The Hall–Kier alpha value is -5.40. The molecule has 0 radical (unpaired) electrons. The molecule has 3 aromatic carbocycles. The second-order valence-corrected chi connectivity index (χ2v) is 12.4.